The SMILES string of the molecule is Cc1ccc(OCCCNc2ccc3cc(C)c(=O)oc3c2)cc1. The molecule has 0 aliphatic heterocycles. The predicted octanol–water partition coefficient (Wildman–Crippen LogP) is 4.29. The molecule has 0 aliphatic rings. The van der Waals surface area contributed by atoms with Crippen LogP contribution in [0.4, 0.5) is 5.69 Å². The van der Waals surface area contributed by atoms with Gasteiger partial charge in [-0.15, -0.1) is 0 Å². The molecular formula is C20H21NO3. The second-order valence-corrected chi connectivity index (χ2v) is 5.91. The summed E-state index contributed by atoms with van der Waals surface area (Å²) < 4.78 is 11.0. The lowest BCUT2D eigenvalue weighted by molar-refractivity contribution is 0.315. The molecule has 0 saturated carbocycles. The molecular weight excluding hydrogens is 302 g/mol. The molecule has 3 rings (SSSR count). The number of nitrogens with one attached hydrogen (secondary N) is 1. The lowest BCUT2D eigenvalue weighted by atomic mass is 10.2. The van der Waals surface area contributed by atoms with Crippen LogP contribution in [0.25, 0.3) is 11.0 Å². The Hall–Kier alpha value is -2.75. The first-order chi connectivity index (χ1) is 11.6. The van der Waals surface area contributed by atoms with Crippen molar-refractivity contribution in [3.63, 3.8) is 0 Å². The Labute approximate surface area is 141 Å². The molecule has 24 heavy (non-hydrogen) atoms. The Kier molecular flexibility index (Phi) is 4.85. The highest BCUT2D eigenvalue weighted by atomic mass is 16.5. The van der Waals surface area contributed by atoms with Crippen LogP contribution in [0.15, 0.2) is 57.7 Å². The summed E-state index contributed by atoms with van der Waals surface area (Å²) in [6.07, 6.45) is 0.879. The van der Waals surface area contributed by atoms with E-state index in [1.54, 1.807) is 6.92 Å². The van der Waals surface area contributed by atoms with Gasteiger partial charge in [0.15, 0.2) is 0 Å². The minimum atomic E-state index is -0.286. The zero-order valence-corrected chi connectivity index (χ0v) is 14.0. The molecule has 0 saturated heterocycles. The van der Waals surface area contributed by atoms with Crippen molar-refractivity contribution in [1.82, 2.24) is 0 Å². The number of aryl methyl sites for hydroxylation is 2. The minimum Gasteiger partial charge on any atom is -0.494 e. The number of benzene rings is 2. The lowest BCUT2D eigenvalue weighted by Crippen LogP contribution is -2.07. The van der Waals surface area contributed by atoms with Crippen molar-refractivity contribution < 1.29 is 9.15 Å². The van der Waals surface area contributed by atoms with Gasteiger partial charge in [-0.2, -0.15) is 0 Å². The zero-order valence-electron chi connectivity index (χ0n) is 14.0. The molecule has 4 nitrogen and oxygen atoms in total. The molecule has 3 aromatic rings. The summed E-state index contributed by atoms with van der Waals surface area (Å²) in [6, 6.07) is 15.7. The summed E-state index contributed by atoms with van der Waals surface area (Å²) in [4.78, 5) is 11.6. The van der Waals surface area contributed by atoms with Gasteiger partial charge in [0.05, 0.1) is 6.61 Å². The van der Waals surface area contributed by atoms with E-state index in [9.17, 15) is 4.79 Å². The maximum Gasteiger partial charge on any atom is 0.339 e. The van der Waals surface area contributed by atoms with Crippen LogP contribution in [-0.2, 0) is 0 Å². The van der Waals surface area contributed by atoms with E-state index in [4.69, 9.17) is 9.15 Å². The van der Waals surface area contributed by atoms with Crippen LogP contribution in [0.5, 0.6) is 5.75 Å². The first kappa shape index (κ1) is 16.1. The molecule has 0 radical (unpaired) electrons. The van der Waals surface area contributed by atoms with Gasteiger partial charge in [-0.1, -0.05) is 17.7 Å². The van der Waals surface area contributed by atoms with Gasteiger partial charge in [0.2, 0.25) is 0 Å². The van der Waals surface area contributed by atoms with E-state index in [1.807, 2.05) is 48.5 Å². The largest absolute Gasteiger partial charge is 0.494 e. The minimum absolute atomic E-state index is 0.286. The number of anilines is 1. The first-order valence-electron chi connectivity index (χ1n) is 8.10. The van der Waals surface area contributed by atoms with E-state index in [1.165, 1.54) is 5.56 Å². The summed E-state index contributed by atoms with van der Waals surface area (Å²) in [6.45, 7) is 5.25. The molecule has 0 bridgehead atoms. The molecule has 1 heterocycles. The molecule has 1 N–H and O–H groups in total. The molecule has 0 unspecified atom stereocenters. The van der Waals surface area contributed by atoms with E-state index < -0.39 is 0 Å². The summed E-state index contributed by atoms with van der Waals surface area (Å²) >= 11 is 0. The van der Waals surface area contributed by atoms with Gasteiger partial charge < -0.3 is 14.5 Å². The Balaban J connectivity index is 1.51. The monoisotopic (exact) mass is 323 g/mol. The summed E-state index contributed by atoms with van der Waals surface area (Å²) in [7, 11) is 0. The normalized spacial score (nSPS) is 10.8. The zero-order chi connectivity index (χ0) is 16.9. The summed E-state index contributed by atoms with van der Waals surface area (Å²) in [5, 5.41) is 4.26. The molecule has 0 amide bonds. The highest BCUT2D eigenvalue weighted by Crippen LogP contribution is 2.18. The lowest BCUT2D eigenvalue weighted by Gasteiger charge is -2.09. The third kappa shape index (κ3) is 3.96. The Morgan fingerprint density at radius 1 is 1.04 bits per heavy atom. The van der Waals surface area contributed by atoms with Crippen LogP contribution < -0.4 is 15.7 Å². The molecule has 2 aromatic carbocycles. The molecule has 0 spiro atoms. The maximum absolute atomic E-state index is 11.6. The van der Waals surface area contributed by atoms with Gasteiger partial charge in [0, 0.05) is 29.2 Å². The Bertz CT molecular complexity index is 882. The molecule has 4 heteroatoms. The van der Waals surface area contributed by atoms with E-state index in [-0.39, 0.29) is 5.63 Å². The van der Waals surface area contributed by atoms with Crippen molar-refractivity contribution in [2.75, 3.05) is 18.5 Å². The number of hydrogen-bond donors (Lipinski definition) is 1. The van der Waals surface area contributed by atoms with Crippen molar-refractivity contribution in [1.29, 1.82) is 0 Å². The third-order valence-corrected chi connectivity index (χ3v) is 3.85. The fraction of sp³-hybridized carbons (Fsp3) is 0.250. The van der Waals surface area contributed by atoms with E-state index in [0.29, 0.717) is 17.8 Å². The van der Waals surface area contributed by atoms with Gasteiger partial charge in [-0.25, -0.2) is 4.79 Å². The first-order valence-corrected chi connectivity index (χ1v) is 8.10. The van der Waals surface area contributed by atoms with Crippen LogP contribution >= 0.6 is 0 Å². The molecule has 1 aromatic heterocycles. The van der Waals surface area contributed by atoms with Crippen LogP contribution in [0.2, 0.25) is 0 Å². The highest BCUT2D eigenvalue weighted by molar-refractivity contribution is 5.80. The fourth-order valence-electron chi connectivity index (χ4n) is 2.45. The topological polar surface area (TPSA) is 51.5 Å². The van der Waals surface area contributed by atoms with Gasteiger partial charge in [0.1, 0.15) is 11.3 Å². The second-order valence-electron chi connectivity index (χ2n) is 5.91. The molecule has 124 valence electrons. The molecule has 0 aliphatic carbocycles. The number of fused-ring (bicyclic) bond motifs is 1. The van der Waals surface area contributed by atoms with Crippen molar-refractivity contribution >= 4 is 16.7 Å². The standard InChI is InChI=1S/C20H21NO3/c1-14-4-8-18(9-5-14)23-11-3-10-21-17-7-6-16-12-15(2)20(22)24-19(16)13-17/h4-9,12-13,21H,3,10-11H2,1-2H3. The Morgan fingerprint density at radius 3 is 2.62 bits per heavy atom. The number of hydrogen-bond acceptors (Lipinski definition) is 4. The highest BCUT2D eigenvalue weighted by Gasteiger charge is 2.02. The third-order valence-electron chi connectivity index (χ3n) is 3.85. The van der Waals surface area contributed by atoms with Gasteiger partial charge in [-0.05, 0) is 50.6 Å². The van der Waals surface area contributed by atoms with E-state index in [2.05, 4.69) is 12.2 Å². The van der Waals surface area contributed by atoms with Crippen molar-refractivity contribution in [2.45, 2.75) is 20.3 Å². The smallest absolute Gasteiger partial charge is 0.339 e. The summed E-state index contributed by atoms with van der Waals surface area (Å²) in [5.41, 5.74) is 3.10. The Morgan fingerprint density at radius 2 is 1.83 bits per heavy atom. The fourth-order valence-corrected chi connectivity index (χ4v) is 2.45. The van der Waals surface area contributed by atoms with Crippen LogP contribution in [0.3, 0.4) is 0 Å². The van der Waals surface area contributed by atoms with Crippen LogP contribution in [-0.4, -0.2) is 13.2 Å². The maximum atomic E-state index is 11.6. The van der Waals surface area contributed by atoms with E-state index in [0.717, 1.165) is 29.8 Å². The van der Waals surface area contributed by atoms with Gasteiger partial charge in [0.25, 0.3) is 0 Å². The van der Waals surface area contributed by atoms with Crippen molar-refractivity contribution in [2.24, 2.45) is 0 Å². The predicted molar refractivity (Wildman–Crippen MR) is 97.0 cm³/mol. The molecule has 0 atom stereocenters. The van der Waals surface area contributed by atoms with Crippen molar-refractivity contribution in [3.8, 4) is 5.75 Å². The van der Waals surface area contributed by atoms with Crippen molar-refractivity contribution in [3.05, 3.63) is 70.1 Å². The van der Waals surface area contributed by atoms with E-state index >= 15 is 0 Å². The van der Waals surface area contributed by atoms with Gasteiger partial charge >= 0.3 is 5.63 Å². The quantitative estimate of drug-likeness (QED) is 0.543. The second kappa shape index (κ2) is 7.21. The molecule has 0 fully saturated rings. The summed E-state index contributed by atoms with van der Waals surface area (Å²) in [5.74, 6) is 0.892. The average molecular weight is 323 g/mol. The number of rotatable bonds is 6. The average Bonchev–Trinajstić information content (AvgIpc) is 2.57. The van der Waals surface area contributed by atoms with Crippen LogP contribution in [0.1, 0.15) is 17.5 Å². The van der Waals surface area contributed by atoms with Gasteiger partial charge in [-0.3, -0.25) is 0 Å². The van der Waals surface area contributed by atoms with Crippen LogP contribution in [0, 0.1) is 13.8 Å². The number of ether oxygens (including phenoxy) is 1.